The molecule has 4 rings (SSSR count). The molecule has 92 valence electrons. The molecule has 0 saturated heterocycles. The highest BCUT2D eigenvalue weighted by Crippen LogP contribution is 2.72. The van der Waals surface area contributed by atoms with Crippen LogP contribution in [0.15, 0.2) is 21.2 Å². The Hall–Kier alpha value is -0.320. The highest BCUT2D eigenvalue weighted by atomic mass is 79.9. The molecule has 4 heteroatoms. The highest BCUT2D eigenvalue weighted by molar-refractivity contribution is 9.10. The normalized spacial score (nSPS) is 43.8. The average Bonchev–Trinajstić information content (AvgIpc) is 2.72. The largest absolute Gasteiger partial charge is 0.466 e. The molecule has 0 aliphatic heterocycles. The summed E-state index contributed by atoms with van der Waals surface area (Å²) in [7, 11) is 0. The number of furan rings is 1. The van der Waals surface area contributed by atoms with Crippen LogP contribution in [0.2, 0.25) is 0 Å². The molecule has 0 aromatic carbocycles. The number of rotatable bonds is 3. The van der Waals surface area contributed by atoms with Gasteiger partial charge in [-0.25, -0.2) is 5.43 Å². The summed E-state index contributed by atoms with van der Waals surface area (Å²) < 4.78 is 6.62. The lowest BCUT2D eigenvalue weighted by molar-refractivity contribution is 0.326. The van der Waals surface area contributed by atoms with Gasteiger partial charge < -0.3 is 4.42 Å². The first-order valence-corrected chi connectivity index (χ1v) is 7.29. The Kier molecular flexibility index (Phi) is 2.24. The standard InChI is InChI=1S/C13H17BrN2O/c14-8-3-4-17-13(8)12(16-15)11-9-6-1-2-7(5-6)10(9)11/h3-4,6-7,9-12,16H,1-2,5,15H2. The van der Waals surface area contributed by atoms with Crippen LogP contribution in [0.25, 0.3) is 0 Å². The monoisotopic (exact) mass is 296 g/mol. The Morgan fingerprint density at radius 2 is 2.06 bits per heavy atom. The zero-order valence-electron chi connectivity index (χ0n) is 9.60. The van der Waals surface area contributed by atoms with Gasteiger partial charge in [0.25, 0.3) is 0 Å². The Labute approximate surface area is 109 Å². The molecule has 0 spiro atoms. The van der Waals surface area contributed by atoms with E-state index in [9.17, 15) is 0 Å². The van der Waals surface area contributed by atoms with E-state index in [0.29, 0.717) is 5.92 Å². The van der Waals surface area contributed by atoms with E-state index in [-0.39, 0.29) is 6.04 Å². The molecule has 17 heavy (non-hydrogen) atoms. The van der Waals surface area contributed by atoms with Crippen molar-refractivity contribution >= 4 is 15.9 Å². The number of halogens is 1. The van der Waals surface area contributed by atoms with Gasteiger partial charge in [0.05, 0.1) is 16.8 Å². The molecular weight excluding hydrogens is 280 g/mol. The van der Waals surface area contributed by atoms with Crippen LogP contribution in [-0.2, 0) is 0 Å². The average molecular weight is 297 g/mol. The minimum Gasteiger partial charge on any atom is -0.466 e. The SMILES string of the molecule is NNC(c1occc1Br)C1C2C3CCC(C3)C21. The van der Waals surface area contributed by atoms with E-state index < -0.39 is 0 Å². The topological polar surface area (TPSA) is 51.2 Å². The second kappa shape index (κ2) is 3.59. The van der Waals surface area contributed by atoms with Crippen LogP contribution in [0, 0.1) is 29.6 Å². The predicted octanol–water partition coefficient (Wildman–Crippen LogP) is 2.84. The molecule has 1 heterocycles. The van der Waals surface area contributed by atoms with Crippen LogP contribution in [-0.4, -0.2) is 0 Å². The zero-order chi connectivity index (χ0) is 11.6. The Bertz CT molecular complexity index is 430. The molecule has 5 unspecified atom stereocenters. The van der Waals surface area contributed by atoms with Gasteiger partial charge in [0.2, 0.25) is 0 Å². The minimum atomic E-state index is 0.192. The lowest BCUT2D eigenvalue weighted by Gasteiger charge is -2.18. The quantitative estimate of drug-likeness (QED) is 0.666. The number of nitrogens with one attached hydrogen (secondary N) is 1. The summed E-state index contributed by atoms with van der Waals surface area (Å²) in [5.41, 5.74) is 2.98. The minimum absolute atomic E-state index is 0.192. The maximum absolute atomic E-state index is 5.76. The van der Waals surface area contributed by atoms with E-state index in [2.05, 4.69) is 21.4 Å². The van der Waals surface area contributed by atoms with Crippen molar-refractivity contribution in [1.82, 2.24) is 5.43 Å². The first-order chi connectivity index (χ1) is 8.31. The summed E-state index contributed by atoms with van der Waals surface area (Å²) in [6, 6.07) is 2.14. The summed E-state index contributed by atoms with van der Waals surface area (Å²) in [4.78, 5) is 0. The third kappa shape index (κ3) is 1.35. The van der Waals surface area contributed by atoms with E-state index in [1.165, 1.54) is 19.3 Å². The molecule has 3 N–H and O–H groups in total. The maximum Gasteiger partial charge on any atom is 0.136 e. The molecule has 1 aromatic heterocycles. The highest BCUT2D eigenvalue weighted by Gasteiger charge is 2.67. The first-order valence-electron chi connectivity index (χ1n) is 6.50. The molecule has 5 atom stereocenters. The van der Waals surface area contributed by atoms with Crippen LogP contribution in [0.4, 0.5) is 0 Å². The fourth-order valence-electron chi connectivity index (χ4n) is 4.73. The number of hydrogen-bond acceptors (Lipinski definition) is 3. The summed E-state index contributed by atoms with van der Waals surface area (Å²) in [5, 5.41) is 0. The van der Waals surface area contributed by atoms with Crippen molar-refractivity contribution in [3.63, 3.8) is 0 Å². The lowest BCUT2D eigenvalue weighted by Crippen LogP contribution is -2.31. The summed E-state index contributed by atoms with van der Waals surface area (Å²) >= 11 is 3.54. The van der Waals surface area contributed by atoms with Gasteiger partial charge in [-0.2, -0.15) is 0 Å². The van der Waals surface area contributed by atoms with Crippen molar-refractivity contribution in [3.8, 4) is 0 Å². The molecule has 0 radical (unpaired) electrons. The smallest absolute Gasteiger partial charge is 0.136 e. The van der Waals surface area contributed by atoms with Gasteiger partial charge >= 0.3 is 0 Å². The molecule has 3 aliphatic rings. The molecule has 0 amide bonds. The van der Waals surface area contributed by atoms with E-state index >= 15 is 0 Å². The lowest BCUT2D eigenvalue weighted by atomic mass is 9.96. The number of hydrazine groups is 1. The fourth-order valence-corrected chi connectivity index (χ4v) is 5.18. The van der Waals surface area contributed by atoms with E-state index in [1.807, 2.05) is 6.07 Å². The molecule has 3 fully saturated rings. The van der Waals surface area contributed by atoms with Gasteiger partial charge in [-0.05, 0) is 70.8 Å². The van der Waals surface area contributed by atoms with Crippen LogP contribution >= 0.6 is 15.9 Å². The Balaban J connectivity index is 1.61. The first kappa shape index (κ1) is 10.6. The summed E-state index contributed by atoms with van der Waals surface area (Å²) in [6.45, 7) is 0. The van der Waals surface area contributed by atoms with Crippen LogP contribution in [0.3, 0.4) is 0 Å². The van der Waals surface area contributed by atoms with E-state index in [0.717, 1.165) is 33.9 Å². The van der Waals surface area contributed by atoms with E-state index in [1.54, 1.807) is 6.26 Å². The second-order valence-corrected chi connectivity index (χ2v) is 6.70. The zero-order valence-corrected chi connectivity index (χ0v) is 11.2. The maximum atomic E-state index is 5.76. The summed E-state index contributed by atoms with van der Waals surface area (Å²) in [6.07, 6.45) is 6.09. The van der Waals surface area contributed by atoms with Gasteiger partial charge in [-0.1, -0.05) is 0 Å². The Morgan fingerprint density at radius 3 is 2.59 bits per heavy atom. The number of fused-ring (bicyclic) bond motifs is 5. The van der Waals surface area contributed by atoms with Crippen molar-refractivity contribution in [2.75, 3.05) is 0 Å². The fraction of sp³-hybridized carbons (Fsp3) is 0.692. The number of hydrogen-bond donors (Lipinski definition) is 2. The van der Waals surface area contributed by atoms with Gasteiger partial charge in [0.1, 0.15) is 5.76 Å². The van der Waals surface area contributed by atoms with Crippen molar-refractivity contribution in [2.24, 2.45) is 35.4 Å². The third-order valence-electron chi connectivity index (χ3n) is 5.29. The molecule has 3 aliphatic carbocycles. The molecule has 3 saturated carbocycles. The molecule has 1 aromatic rings. The molecule has 2 bridgehead atoms. The molecular formula is C13H17BrN2O. The predicted molar refractivity (Wildman–Crippen MR) is 67.8 cm³/mol. The molecule has 3 nitrogen and oxygen atoms in total. The van der Waals surface area contributed by atoms with Gasteiger partial charge in [0.15, 0.2) is 0 Å². The van der Waals surface area contributed by atoms with Gasteiger partial charge in [0, 0.05) is 0 Å². The van der Waals surface area contributed by atoms with Crippen LogP contribution < -0.4 is 11.3 Å². The van der Waals surface area contributed by atoms with Crippen molar-refractivity contribution < 1.29 is 4.42 Å². The van der Waals surface area contributed by atoms with E-state index in [4.69, 9.17) is 10.3 Å². The van der Waals surface area contributed by atoms with Crippen molar-refractivity contribution in [2.45, 2.75) is 25.3 Å². The van der Waals surface area contributed by atoms with Gasteiger partial charge in [-0.3, -0.25) is 5.84 Å². The van der Waals surface area contributed by atoms with Crippen LogP contribution in [0.1, 0.15) is 31.1 Å². The number of nitrogens with two attached hydrogens (primary N) is 1. The van der Waals surface area contributed by atoms with Crippen LogP contribution in [0.5, 0.6) is 0 Å². The summed E-state index contributed by atoms with van der Waals surface area (Å²) in [5.74, 6) is 11.2. The second-order valence-electron chi connectivity index (χ2n) is 5.84. The third-order valence-corrected chi connectivity index (χ3v) is 5.94. The van der Waals surface area contributed by atoms with Crippen molar-refractivity contribution in [3.05, 3.63) is 22.6 Å². The van der Waals surface area contributed by atoms with Crippen molar-refractivity contribution in [1.29, 1.82) is 0 Å². The Morgan fingerprint density at radius 1 is 1.35 bits per heavy atom. The van der Waals surface area contributed by atoms with Gasteiger partial charge in [-0.15, -0.1) is 0 Å².